The molecule has 0 aromatic heterocycles. The molecular formula is C9H14N2O2S. The van der Waals surface area contributed by atoms with Crippen LogP contribution in [-0.2, 0) is 9.53 Å². The molecular weight excluding hydrogens is 200 g/mol. The van der Waals surface area contributed by atoms with Gasteiger partial charge in [-0.15, -0.1) is 0 Å². The Bertz CT molecular complexity index is 264. The van der Waals surface area contributed by atoms with E-state index in [4.69, 9.17) is 17.0 Å². The lowest BCUT2D eigenvalue weighted by Gasteiger charge is -2.20. The van der Waals surface area contributed by atoms with Crippen molar-refractivity contribution in [3.05, 3.63) is 0 Å². The summed E-state index contributed by atoms with van der Waals surface area (Å²) in [5.74, 6) is 0.0907. The Morgan fingerprint density at radius 2 is 2.43 bits per heavy atom. The van der Waals surface area contributed by atoms with Crippen LogP contribution in [0.1, 0.15) is 12.8 Å². The molecule has 0 saturated carbocycles. The topological polar surface area (TPSA) is 32.8 Å². The lowest BCUT2D eigenvalue weighted by molar-refractivity contribution is -0.125. The number of likely N-dealkylation sites (N-methyl/N-ethyl adjacent to an activating group) is 1. The molecule has 4 nitrogen and oxygen atoms in total. The van der Waals surface area contributed by atoms with Gasteiger partial charge < -0.3 is 9.64 Å². The molecule has 0 aromatic rings. The van der Waals surface area contributed by atoms with Gasteiger partial charge in [0.25, 0.3) is 0 Å². The predicted molar refractivity (Wildman–Crippen MR) is 55.9 cm³/mol. The SMILES string of the molecule is CN1CC(=O)N(C[C@H]2CCCO2)C1=S. The van der Waals surface area contributed by atoms with Crippen molar-refractivity contribution < 1.29 is 9.53 Å². The Labute approximate surface area is 88.8 Å². The molecule has 0 radical (unpaired) electrons. The van der Waals surface area contributed by atoms with Gasteiger partial charge in [0.05, 0.1) is 19.2 Å². The first-order chi connectivity index (χ1) is 6.68. The van der Waals surface area contributed by atoms with Crippen LogP contribution in [0.4, 0.5) is 0 Å². The second-order valence-corrected chi connectivity index (χ2v) is 4.14. The number of carbonyl (C=O) groups is 1. The van der Waals surface area contributed by atoms with E-state index in [-0.39, 0.29) is 12.0 Å². The van der Waals surface area contributed by atoms with E-state index in [0.717, 1.165) is 19.4 Å². The fraction of sp³-hybridized carbons (Fsp3) is 0.778. The molecule has 2 rings (SSSR count). The maximum Gasteiger partial charge on any atom is 0.248 e. The molecule has 0 aromatic carbocycles. The maximum absolute atomic E-state index is 11.5. The zero-order valence-corrected chi connectivity index (χ0v) is 9.05. The number of thiocarbonyl (C=S) groups is 1. The number of amides is 1. The van der Waals surface area contributed by atoms with Gasteiger partial charge in [0.1, 0.15) is 0 Å². The van der Waals surface area contributed by atoms with Gasteiger partial charge in [0.2, 0.25) is 5.91 Å². The molecule has 0 unspecified atom stereocenters. The summed E-state index contributed by atoms with van der Waals surface area (Å²) in [6.45, 7) is 1.85. The third-order valence-corrected chi connectivity index (χ3v) is 3.17. The minimum absolute atomic E-state index is 0.0907. The molecule has 14 heavy (non-hydrogen) atoms. The summed E-state index contributed by atoms with van der Waals surface area (Å²) >= 11 is 5.15. The number of rotatable bonds is 2. The number of nitrogens with zero attached hydrogens (tertiary/aromatic N) is 2. The molecule has 0 spiro atoms. The summed E-state index contributed by atoms with van der Waals surface area (Å²) in [5.41, 5.74) is 0. The quantitative estimate of drug-likeness (QED) is 0.616. The van der Waals surface area contributed by atoms with Crippen LogP contribution in [0.3, 0.4) is 0 Å². The third kappa shape index (κ3) is 1.74. The first-order valence-electron chi connectivity index (χ1n) is 4.85. The number of hydrogen-bond acceptors (Lipinski definition) is 3. The van der Waals surface area contributed by atoms with Crippen molar-refractivity contribution in [2.75, 3.05) is 26.7 Å². The zero-order chi connectivity index (χ0) is 10.1. The van der Waals surface area contributed by atoms with Crippen LogP contribution >= 0.6 is 12.2 Å². The molecule has 2 saturated heterocycles. The van der Waals surface area contributed by atoms with Gasteiger partial charge in [-0.05, 0) is 25.1 Å². The predicted octanol–water partition coefficient (Wildman–Crippen LogP) is 0.224. The smallest absolute Gasteiger partial charge is 0.248 e. The fourth-order valence-electron chi connectivity index (χ4n) is 1.84. The second kappa shape index (κ2) is 3.82. The Morgan fingerprint density at radius 1 is 1.64 bits per heavy atom. The Balaban J connectivity index is 1.96. The second-order valence-electron chi connectivity index (χ2n) is 3.78. The highest BCUT2D eigenvalue weighted by Gasteiger charge is 2.32. The van der Waals surface area contributed by atoms with Crippen molar-refractivity contribution in [1.82, 2.24) is 9.80 Å². The number of carbonyl (C=O) groups excluding carboxylic acids is 1. The summed E-state index contributed by atoms with van der Waals surface area (Å²) in [4.78, 5) is 15.0. The molecule has 5 heteroatoms. The van der Waals surface area contributed by atoms with E-state index in [1.54, 1.807) is 9.80 Å². The minimum atomic E-state index is 0.0907. The highest BCUT2D eigenvalue weighted by atomic mass is 32.1. The van der Waals surface area contributed by atoms with Crippen molar-refractivity contribution in [2.24, 2.45) is 0 Å². The van der Waals surface area contributed by atoms with Gasteiger partial charge >= 0.3 is 0 Å². The Hall–Kier alpha value is -0.680. The van der Waals surface area contributed by atoms with Gasteiger partial charge in [0, 0.05) is 13.7 Å². The van der Waals surface area contributed by atoms with Gasteiger partial charge in [-0.2, -0.15) is 0 Å². The first-order valence-corrected chi connectivity index (χ1v) is 5.26. The average molecular weight is 214 g/mol. The van der Waals surface area contributed by atoms with Crippen LogP contribution < -0.4 is 0 Å². The number of hydrogen-bond donors (Lipinski definition) is 0. The molecule has 2 aliphatic heterocycles. The van der Waals surface area contributed by atoms with Crippen LogP contribution in [-0.4, -0.2) is 53.7 Å². The van der Waals surface area contributed by atoms with Gasteiger partial charge in [-0.1, -0.05) is 0 Å². The maximum atomic E-state index is 11.5. The lowest BCUT2D eigenvalue weighted by Crippen LogP contribution is -2.37. The lowest BCUT2D eigenvalue weighted by atomic mass is 10.2. The molecule has 1 amide bonds. The molecule has 0 bridgehead atoms. The van der Waals surface area contributed by atoms with E-state index < -0.39 is 0 Å². The van der Waals surface area contributed by atoms with Crippen LogP contribution in [0.2, 0.25) is 0 Å². The zero-order valence-electron chi connectivity index (χ0n) is 8.23. The Morgan fingerprint density at radius 3 is 2.93 bits per heavy atom. The van der Waals surface area contributed by atoms with Crippen molar-refractivity contribution in [2.45, 2.75) is 18.9 Å². The van der Waals surface area contributed by atoms with Gasteiger partial charge in [-0.3, -0.25) is 9.69 Å². The Kier molecular flexibility index (Phi) is 2.69. The summed E-state index contributed by atoms with van der Waals surface area (Å²) < 4.78 is 5.47. The van der Waals surface area contributed by atoms with Crippen molar-refractivity contribution >= 4 is 23.2 Å². The average Bonchev–Trinajstić information content (AvgIpc) is 2.71. The monoisotopic (exact) mass is 214 g/mol. The summed E-state index contributed by atoms with van der Waals surface area (Å²) in [5, 5.41) is 0.630. The van der Waals surface area contributed by atoms with Gasteiger partial charge in [-0.25, -0.2) is 0 Å². The third-order valence-electron chi connectivity index (χ3n) is 2.64. The summed E-state index contributed by atoms with van der Waals surface area (Å²) in [7, 11) is 1.84. The van der Waals surface area contributed by atoms with E-state index in [2.05, 4.69) is 0 Å². The van der Waals surface area contributed by atoms with Gasteiger partial charge in [0.15, 0.2) is 5.11 Å². The fourth-order valence-corrected chi connectivity index (χ4v) is 2.08. The van der Waals surface area contributed by atoms with Crippen LogP contribution in [0, 0.1) is 0 Å². The van der Waals surface area contributed by atoms with Crippen LogP contribution in [0.25, 0.3) is 0 Å². The summed E-state index contributed by atoms with van der Waals surface area (Å²) in [6, 6.07) is 0. The van der Waals surface area contributed by atoms with Crippen molar-refractivity contribution in [3.63, 3.8) is 0 Å². The minimum Gasteiger partial charge on any atom is -0.376 e. The molecule has 2 heterocycles. The first kappa shape index (κ1) is 9.86. The molecule has 2 aliphatic rings. The van der Waals surface area contributed by atoms with Crippen LogP contribution in [0.15, 0.2) is 0 Å². The molecule has 2 fully saturated rings. The van der Waals surface area contributed by atoms with Crippen molar-refractivity contribution in [3.8, 4) is 0 Å². The van der Waals surface area contributed by atoms with Crippen LogP contribution in [0.5, 0.6) is 0 Å². The van der Waals surface area contributed by atoms with Crippen molar-refractivity contribution in [1.29, 1.82) is 0 Å². The molecule has 0 aliphatic carbocycles. The standard InChI is InChI=1S/C9H14N2O2S/c1-10-6-8(12)11(9(10)14)5-7-3-2-4-13-7/h7H,2-6H2,1H3/t7-/m1/s1. The highest BCUT2D eigenvalue weighted by Crippen LogP contribution is 2.16. The van der Waals surface area contributed by atoms with E-state index in [9.17, 15) is 4.79 Å². The molecule has 78 valence electrons. The summed E-state index contributed by atoms with van der Waals surface area (Å²) in [6.07, 6.45) is 2.31. The van der Waals surface area contributed by atoms with E-state index in [0.29, 0.717) is 18.2 Å². The molecule has 1 atom stereocenters. The molecule has 0 N–H and O–H groups in total. The highest BCUT2D eigenvalue weighted by molar-refractivity contribution is 7.80. The largest absolute Gasteiger partial charge is 0.376 e. The van der Waals surface area contributed by atoms with E-state index in [1.165, 1.54) is 0 Å². The van der Waals surface area contributed by atoms with E-state index in [1.807, 2.05) is 7.05 Å². The number of ether oxygens (including phenoxy) is 1. The normalized spacial score (nSPS) is 27.9. The van der Waals surface area contributed by atoms with E-state index >= 15 is 0 Å².